The van der Waals surface area contributed by atoms with Crippen LogP contribution in [0.15, 0.2) is 18.3 Å². The second-order valence-corrected chi connectivity index (χ2v) is 3.61. The minimum absolute atomic E-state index is 0.793. The summed E-state index contributed by atoms with van der Waals surface area (Å²) in [6, 6.07) is 4.41. The van der Waals surface area contributed by atoms with E-state index in [1.165, 1.54) is 36.9 Å². The lowest BCUT2D eigenvalue weighted by molar-refractivity contribution is 0.904. The average Bonchev–Trinajstić information content (AvgIpc) is 2.88. The van der Waals surface area contributed by atoms with Gasteiger partial charge in [0.25, 0.3) is 0 Å². The number of aryl methyl sites for hydroxylation is 1. The van der Waals surface area contributed by atoms with Crippen molar-refractivity contribution < 1.29 is 0 Å². The van der Waals surface area contributed by atoms with E-state index in [2.05, 4.69) is 24.0 Å². The highest BCUT2D eigenvalue weighted by molar-refractivity contribution is 5.22. The van der Waals surface area contributed by atoms with Crippen LogP contribution in [0, 0.1) is 0 Å². The Morgan fingerprint density at radius 1 is 1.50 bits per heavy atom. The molecular formula is C11H15N. The molecule has 0 aromatic carbocycles. The summed E-state index contributed by atoms with van der Waals surface area (Å²) in [6.45, 7) is 2.22. The molecule has 0 bridgehead atoms. The molecule has 1 heterocycles. The zero-order valence-corrected chi connectivity index (χ0v) is 7.59. The van der Waals surface area contributed by atoms with Crippen molar-refractivity contribution >= 4 is 0 Å². The number of hydrogen-bond acceptors (Lipinski definition) is 1. The monoisotopic (exact) mass is 161 g/mol. The first kappa shape index (κ1) is 7.78. The number of hydrogen-bond donors (Lipinski definition) is 0. The molecule has 1 aliphatic rings. The minimum atomic E-state index is 0.793. The second-order valence-electron chi connectivity index (χ2n) is 3.61. The van der Waals surface area contributed by atoms with Gasteiger partial charge >= 0.3 is 0 Å². The zero-order chi connectivity index (χ0) is 8.39. The first-order chi connectivity index (χ1) is 5.90. The maximum absolute atomic E-state index is 4.38. The predicted octanol–water partition coefficient (Wildman–Crippen LogP) is 2.91. The standard InChI is InChI=1S/C11H15N/c1-2-3-9-6-7-12-11(8-9)10-4-5-10/h6-8,10H,2-5H2,1H3. The Kier molecular flexibility index (Phi) is 2.11. The van der Waals surface area contributed by atoms with Crippen LogP contribution < -0.4 is 0 Å². The zero-order valence-electron chi connectivity index (χ0n) is 7.59. The minimum Gasteiger partial charge on any atom is -0.261 e. The topological polar surface area (TPSA) is 12.9 Å². The van der Waals surface area contributed by atoms with Crippen LogP contribution in [-0.4, -0.2) is 4.98 Å². The molecule has 0 amide bonds. The van der Waals surface area contributed by atoms with E-state index >= 15 is 0 Å². The Morgan fingerprint density at radius 2 is 2.33 bits per heavy atom. The van der Waals surface area contributed by atoms with Gasteiger partial charge in [0.15, 0.2) is 0 Å². The van der Waals surface area contributed by atoms with Gasteiger partial charge in [-0.05, 0) is 37.0 Å². The lowest BCUT2D eigenvalue weighted by Crippen LogP contribution is -1.89. The molecule has 1 aromatic heterocycles. The summed E-state index contributed by atoms with van der Waals surface area (Å²) in [5, 5.41) is 0. The Hall–Kier alpha value is -0.850. The average molecular weight is 161 g/mol. The normalized spacial score (nSPS) is 16.4. The number of nitrogens with zero attached hydrogens (tertiary/aromatic N) is 1. The van der Waals surface area contributed by atoms with Gasteiger partial charge in [-0.1, -0.05) is 13.3 Å². The van der Waals surface area contributed by atoms with Gasteiger partial charge in [0, 0.05) is 17.8 Å². The quantitative estimate of drug-likeness (QED) is 0.664. The molecule has 0 saturated heterocycles. The van der Waals surface area contributed by atoms with Crippen molar-refractivity contribution in [1.82, 2.24) is 4.98 Å². The molecule has 0 unspecified atom stereocenters. The van der Waals surface area contributed by atoms with Gasteiger partial charge in [0.1, 0.15) is 0 Å². The van der Waals surface area contributed by atoms with Crippen molar-refractivity contribution in [1.29, 1.82) is 0 Å². The van der Waals surface area contributed by atoms with E-state index < -0.39 is 0 Å². The smallest absolute Gasteiger partial charge is 0.0437 e. The summed E-state index contributed by atoms with van der Waals surface area (Å²) in [6.07, 6.45) is 7.08. The second kappa shape index (κ2) is 3.26. The predicted molar refractivity (Wildman–Crippen MR) is 50.2 cm³/mol. The molecule has 2 rings (SSSR count). The highest BCUT2D eigenvalue weighted by atomic mass is 14.7. The van der Waals surface area contributed by atoms with E-state index in [0.717, 1.165) is 5.92 Å². The largest absolute Gasteiger partial charge is 0.261 e. The Bertz CT molecular complexity index is 263. The van der Waals surface area contributed by atoms with E-state index in [-0.39, 0.29) is 0 Å². The Balaban J connectivity index is 2.15. The van der Waals surface area contributed by atoms with Crippen molar-refractivity contribution in [3.05, 3.63) is 29.6 Å². The van der Waals surface area contributed by atoms with E-state index in [9.17, 15) is 0 Å². The van der Waals surface area contributed by atoms with Gasteiger partial charge in [-0.15, -0.1) is 0 Å². The van der Waals surface area contributed by atoms with E-state index in [4.69, 9.17) is 0 Å². The molecule has 1 heteroatoms. The molecule has 0 N–H and O–H groups in total. The van der Waals surface area contributed by atoms with Crippen LogP contribution in [0.5, 0.6) is 0 Å². The van der Waals surface area contributed by atoms with Crippen molar-refractivity contribution in [3.63, 3.8) is 0 Å². The molecule has 1 nitrogen and oxygen atoms in total. The fraction of sp³-hybridized carbons (Fsp3) is 0.545. The summed E-state index contributed by atoms with van der Waals surface area (Å²) in [5.41, 5.74) is 2.77. The van der Waals surface area contributed by atoms with Gasteiger partial charge in [-0.3, -0.25) is 4.98 Å². The first-order valence-electron chi connectivity index (χ1n) is 4.85. The molecule has 1 fully saturated rings. The third-order valence-corrected chi connectivity index (χ3v) is 2.38. The molecule has 0 atom stereocenters. The fourth-order valence-electron chi connectivity index (χ4n) is 1.54. The summed E-state index contributed by atoms with van der Waals surface area (Å²) < 4.78 is 0. The highest BCUT2D eigenvalue weighted by Gasteiger charge is 2.24. The number of rotatable bonds is 3. The fourth-order valence-corrected chi connectivity index (χ4v) is 1.54. The summed E-state index contributed by atoms with van der Waals surface area (Å²) in [4.78, 5) is 4.38. The van der Waals surface area contributed by atoms with E-state index in [1.54, 1.807) is 0 Å². The van der Waals surface area contributed by atoms with Gasteiger partial charge in [0.05, 0.1) is 0 Å². The van der Waals surface area contributed by atoms with Crippen LogP contribution >= 0.6 is 0 Å². The molecular weight excluding hydrogens is 146 g/mol. The summed E-state index contributed by atoms with van der Waals surface area (Å²) >= 11 is 0. The maximum Gasteiger partial charge on any atom is 0.0437 e. The van der Waals surface area contributed by atoms with Crippen LogP contribution in [-0.2, 0) is 6.42 Å². The number of pyridine rings is 1. The Labute approximate surface area is 73.8 Å². The van der Waals surface area contributed by atoms with Gasteiger partial charge in [-0.2, -0.15) is 0 Å². The van der Waals surface area contributed by atoms with Crippen LogP contribution in [0.25, 0.3) is 0 Å². The van der Waals surface area contributed by atoms with Crippen molar-refractivity contribution in [2.75, 3.05) is 0 Å². The molecule has 1 aliphatic carbocycles. The Morgan fingerprint density at radius 3 is 3.00 bits per heavy atom. The van der Waals surface area contributed by atoms with Gasteiger partial charge in [-0.25, -0.2) is 0 Å². The van der Waals surface area contributed by atoms with Crippen LogP contribution in [0.2, 0.25) is 0 Å². The molecule has 0 radical (unpaired) electrons. The van der Waals surface area contributed by atoms with Crippen LogP contribution in [0.3, 0.4) is 0 Å². The lowest BCUT2D eigenvalue weighted by atomic mass is 10.1. The molecule has 0 spiro atoms. The molecule has 12 heavy (non-hydrogen) atoms. The van der Waals surface area contributed by atoms with Crippen LogP contribution in [0.1, 0.15) is 43.4 Å². The van der Waals surface area contributed by atoms with Gasteiger partial charge in [0.2, 0.25) is 0 Å². The van der Waals surface area contributed by atoms with Crippen molar-refractivity contribution in [3.8, 4) is 0 Å². The molecule has 1 aromatic rings. The summed E-state index contributed by atoms with van der Waals surface area (Å²) in [5.74, 6) is 0.793. The van der Waals surface area contributed by atoms with E-state index in [1.807, 2.05) is 6.20 Å². The molecule has 64 valence electrons. The van der Waals surface area contributed by atoms with Crippen LogP contribution in [0.4, 0.5) is 0 Å². The lowest BCUT2D eigenvalue weighted by Gasteiger charge is -2.00. The molecule has 0 aliphatic heterocycles. The molecule has 1 saturated carbocycles. The first-order valence-corrected chi connectivity index (χ1v) is 4.85. The maximum atomic E-state index is 4.38. The SMILES string of the molecule is CCCc1ccnc(C2CC2)c1. The third-order valence-electron chi connectivity index (χ3n) is 2.38. The third kappa shape index (κ3) is 1.66. The van der Waals surface area contributed by atoms with E-state index in [0.29, 0.717) is 0 Å². The number of aromatic nitrogens is 1. The van der Waals surface area contributed by atoms with Crippen molar-refractivity contribution in [2.24, 2.45) is 0 Å². The van der Waals surface area contributed by atoms with Gasteiger partial charge < -0.3 is 0 Å². The highest BCUT2D eigenvalue weighted by Crippen LogP contribution is 2.38. The van der Waals surface area contributed by atoms with Crippen molar-refractivity contribution in [2.45, 2.75) is 38.5 Å². The summed E-state index contributed by atoms with van der Waals surface area (Å²) in [7, 11) is 0.